The molecule has 1 amide bonds. The third-order valence-corrected chi connectivity index (χ3v) is 5.59. The zero-order valence-electron chi connectivity index (χ0n) is 13.5. The quantitative estimate of drug-likeness (QED) is 0.914. The number of benzene rings is 1. The molecular formula is C18H23ClN2O2. The molecule has 23 heavy (non-hydrogen) atoms. The number of carbonyl (C=O) groups excluding carboxylic acids is 1. The molecular weight excluding hydrogens is 312 g/mol. The third kappa shape index (κ3) is 2.64. The van der Waals surface area contributed by atoms with Crippen molar-refractivity contribution in [2.24, 2.45) is 5.92 Å². The van der Waals surface area contributed by atoms with Crippen LogP contribution in [0.3, 0.4) is 0 Å². The number of nitrogens with zero attached hydrogens (tertiary/aromatic N) is 1. The molecule has 1 N–H and O–H groups in total. The summed E-state index contributed by atoms with van der Waals surface area (Å²) >= 11 is 0. The van der Waals surface area contributed by atoms with Crippen molar-refractivity contribution in [3.63, 3.8) is 0 Å². The van der Waals surface area contributed by atoms with Crippen molar-refractivity contribution in [1.29, 1.82) is 0 Å². The number of hydrogen-bond acceptors (Lipinski definition) is 3. The molecule has 5 rings (SSSR count). The van der Waals surface area contributed by atoms with Gasteiger partial charge < -0.3 is 9.73 Å². The highest BCUT2D eigenvalue weighted by molar-refractivity contribution is 5.98. The first-order valence-corrected chi connectivity index (χ1v) is 8.09. The van der Waals surface area contributed by atoms with Gasteiger partial charge in [-0.2, -0.15) is 0 Å². The average molecular weight is 335 g/mol. The van der Waals surface area contributed by atoms with Crippen LogP contribution in [-0.4, -0.2) is 35.5 Å². The van der Waals surface area contributed by atoms with Crippen molar-refractivity contribution >= 4 is 29.3 Å². The van der Waals surface area contributed by atoms with E-state index in [0.717, 1.165) is 24.1 Å². The maximum absolute atomic E-state index is 12.7. The standard InChI is InChI=1S/C18H22N2O2.ClH/c1-18(2)16(12-5-8-20(18)9-6-12)19-17(21)14-3-4-15-13(11-14)7-10-22-15;/h3-4,7,10-12,16H,5-6,8-9H2,1-2H3,(H,19,21);1H/t16-;/m1./s1. The summed E-state index contributed by atoms with van der Waals surface area (Å²) in [6.07, 6.45) is 4.03. The molecule has 0 radical (unpaired) electrons. The number of amides is 1. The Morgan fingerprint density at radius 2 is 2.00 bits per heavy atom. The fourth-order valence-corrected chi connectivity index (χ4v) is 4.21. The van der Waals surface area contributed by atoms with Crippen LogP contribution in [0.4, 0.5) is 0 Å². The molecule has 2 bridgehead atoms. The van der Waals surface area contributed by atoms with Crippen LogP contribution in [0.15, 0.2) is 34.9 Å². The van der Waals surface area contributed by atoms with Gasteiger partial charge in [0.25, 0.3) is 5.91 Å². The fourth-order valence-electron chi connectivity index (χ4n) is 4.21. The van der Waals surface area contributed by atoms with Crippen molar-refractivity contribution in [3.8, 4) is 0 Å². The zero-order chi connectivity index (χ0) is 15.3. The Hall–Kier alpha value is -1.52. The minimum atomic E-state index is 0. The average Bonchev–Trinajstić information content (AvgIpc) is 2.98. The van der Waals surface area contributed by atoms with E-state index < -0.39 is 0 Å². The second-order valence-corrected chi connectivity index (χ2v) is 7.10. The number of piperidine rings is 3. The summed E-state index contributed by atoms with van der Waals surface area (Å²) in [6.45, 7) is 6.82. The summed E-state index contributed by atoms with van der Waals surface area (Å²) in [5.74, 6) is 0.622. The van der Waals surface area contributed by atoms with E-state index in [2.05, 4.69) is 24.1 Å². The van der Waals surface area contributed by atoms with Crippen LogP contribution in [0.25, 0.3) is 11.0 Å². The van der Waals surface area contributed by atoms with Crippen LogP contribution < -0.4 is 5.32 Å². The SMILES string of the molecule is CC1(C)[C@H](NC(=O)c2ccc3occc3c2)C2CCN1CC2.Cl. The Labute approximate surface area is 142 Å². The number of fused-ring (bicyclic) bond motifs is 4. The molecule has 5 heteroatoms. The molecule has 0 unspecified atom stereocenters. The molecule has 1 atom stereocenters. The van der Waals surface area contributed by atoms with Crippen molar-refractivity contribution in [2.75, 3.05) is 13.1 Å². The van der Waals surface area contributed by atoms with Crippen LogP contribution in [0.5, 0.6) is 0 Å². The number of carbonyl (C=O) groups is 1. The number of rotatable bonds is 2. The van der Waals surface area contributed by atoms with Gasteiger partial charge in [0, 0.05) is 22.5 Å². The van der Waals surface area contributed by atoms with E-state index in [4.69, 9.17) is 4.42 Å². The maximum atomic E-state index is 12.7. The van der Waals surface area contributed by atoms with Crippen LogP contribution in [-0.2, 0) is 0 Å². The second kappa shape index (κ2) is 5.84. The van der Waals surface area contributed by atoms with Gasteiger partial charge in [0.1, 0.15) is 5.58 Å². The summed E-state index contributed by atoms with van der Waals surface area (Å²) < 4.78 is 5.34. The van der Waals surface area contributed by atoms with Gasteiger partial charge >= 0.3 is 0 Å². The number of nitrogens with one attached hydrogen (secondary N) is 1. The summed E-state index contributed by atoms with van der Waals surface area (Å²) in [5, 5.41) is 4.28. The number of furan rings is 1. The van der Waals surface area contributed by atoms with Gasteiger partial charge in [-0.15, -0.1) is 12.4 Å². The summed E-state index contributed by atoms with van der Waals surface area (Å²) in [7, 11) is 0. The molecule has 0 aliphatic carbocycles. The van der Waals surface area contributed by atoms with Crippen LogP contribution in [0.2, 0.25) is 0 Å². The normalized spacial score (nSPS) is 28.3. The predicted octanol–water partition coefficient (Wildman–Crippen LogP) is 3.46. The van der Waals surface area contributed by atoms with Gasteiger partial charge in [-0.25, -0.2) is 0 Å². The Kier molecular flexibility index (Phi) is 4.15. The molecule has 3 aliphatic heterocycles. The number of hydrogen-bond donors (Lipinski definition) is 1. The highest BCUT2D eigenvalue weighted by Crippen LogP contribution is 2.39. The van der Waals surface area contributed by atoms with Gasteiger partial charge in [0.05, 0.1) is 6.26 Å². The third-order valence-electron chi connectivity index (χ3n) is 5.59. The summed E-state index contributed by atoms with van der Waals surface area (Å²) in [4.78, 5) is 15.2. The zero-order valence-corrected chi connectivity index (χ0v) is 14.4. The molecule has 3 fully saturated rings. The minimum absolute atomic E-state index is 0. The highest BCUT2D eigenvalue weighted by Gasteiger charge is 2.48. The smallest absolute Gasteiger partial charge is 0.251 e. The minimum Gasteiger partial charge on any atom is -0.464 e. The molecule has 4 heterocycles. The monoisotopic (exact) mass is 334 g/mol. The van der Waals surface area contributed by atoms with Crippen molar-refractivity contribution in [3.05, 3.63) is 36.1 Å². The Morgan fingerprint density at radius 1 is 1.26 bits per heavy atom. The van der Waals surface area contributed by atoms with Crippen molar-refractivity contribution in [2.45, 2.75) is 38.3 Å². The van der Waals surface area contributed by atoms with Crippen LogP contribution >= 0.6 is 12.4 Å². The topological polar surface area (TPSA) is 45.5 Å². The first kappa shape index (κ1) is 16.3. The maximum Gasteiger partial charge on any atom is 0.251 e. The molecule has 1 aromatic heterocycles. The molecule has 3 saturated heterocycles. The molecule has 4 nitrogen and oxygen atoms in total. The Bertz CT molecular complexity index is 717. The van der Waals surface area contributed by atoms with Gasteiger partial charge in [-0.3, -0.25) is 9.69 Å². The molecule has 3 aliphatic rings. The highest BCUT2D eigenvalue weighted by atomic mass is 35.5. The second-order valence-electron chi connectivity index (χ2n) is 7.10. The Morgan fingerprint density at radius 3 is 2.70 bits per heavy atom. The first-order valence-electron chi connectivity index (χ1n) is 8.09. The fraction of sp³-hybridized carbons (Fsp3) is 0.500. The van der Waals surface area contributed by atoms with E-state index in [1.807, 2.05) is 24.3 Å². The summed E-state index contributed by atoms with van der Waals surface area (Å²) in [5.41, 5.74) is 1.57. The van der Waals surface area contributed by atoms with E-state index in [0.29, 0.717) is 11.5 Å². The van der Waals surface area contributed by atoms with Gasteiger partial charge in [0.15, 0.2) is 0 Å². The van der Waals surface area contributed by atoms with Crippen molar-refractivity contribution < 1.29 is 9.21 Å². The van der Waals surface area contributed by atoms with E-state index in [9.17, 15) is 4.79 Å². The van der Waals surface area contributed by atoms with E-state index in [-0.39, 0.29) is 29.9 Å². The van der Waals surface area contributed by atoms with Gasteiger partial charge in [0.2, 0.25) is 0 Å². The lowest BCUT2D eigenvalue weighted by molar-refractivity contribution is -0.0378. The lowest BCUT2D eigenvalue weighted by Gasteiger charge is -2.56. The van der Waals surface area contributed by atoms with E-state index in [1.165, 1.54) is 12.8 Å². The van der Waals surface area contributed by atoms with Crippen LogP contribution in [0, 0.1) is 5.92 Å². The lowest BCUT2D eigenvalue weighted by Crippen LogP contribution is -2.69. The molecule has 0 spiro atoms. The first-order chi connectivity index (χ1) is 10.6. The molecule has 1 aromatic carbocycles. The van der Waals surface area contributed by atoms with E-state index >= 15 is 0 Å². The van der Waals surface area contributed by atoms with E-state index in [1.54, 1.807) is 6.26 Å². The summed E-state index contributed by atoms with van der Waals surface area (Å²) in [6, 6.07) is 7.73. The lowest BCUT2D eigenvalue weighted by atomic mass is 9.72. The van der Waals surface area contributed by atoms with Gasteiger partial charge in [-0.1, -0.05) is 0 Å². The predicted molar refractivity (Wildman–Crippen MR) is 93.1 cm³/mol. The molecule has 2 aromatic rings. The Balaban J connectivity index is 0.00000156. The van der Waals surface area contributed by atoms with Gasteiger partial charge in [-0.05, 0) is 70.0 Å². The van der Waals surface area contributed by atoms with Crippen molar-refractivity contribution in [1.82, 2.24) is 10.2 Å². The molecule has 0 saturated carbocycles. The van der Waals surface area contributed by atoms with Crippen LogP contribution in [0.1, 0.15) is 37.0 Å². The number of halogens is 1. The molecule has 124 valence electrons. The largest absolute Gasteiger partial charge is 0.464 e.